The molecule has 0 aliphatic carbocycles. The van der Waals surface area contributed by atoms with Crippen molar-refractivity contribution in [3.8, 4) is 17.2 Å². The highest BCUT2D eigenvalue weighted by Gasteiger charge is 2.29. The highest BCUT2D eigenvalue weighted by atomic mass is 32.2. The number of carbonyl (C=O) groups is 3. The Bertz CT molecular complexity index is 1320. The SMILES string of the molecule is O=C(CSc1nnc(-c2cc3ccccc3[nH]2)n1-c1ccccc1)NCCN1C(=O)CSC1=O. The maximum Gasteiger partial charge on any atom is 0.288 e. The number of para-hydroxylation sites is 2. The molecule has 1 saturated heterocycles. The van der Waals surface area contributed by atoms with E-state index >= 15 is 0 Å². The number of hydrogen-bond acceptors (Lipinski definition) is 7. The summed E-state index contributed by atoms with van der Waals surface area (Å²) in [5.41, 5.74) is 2.71. The molecule has 0 saturated carbocycles. The van der Waals surface area contributed by atoms with Crippen LogP contribution in [0.25, 0.3) is 28.1 Å². The van der Waals surface area contributed by atoms with Crippen molar-refractivity contribution in [2.75, 3.05) is 24.6 Å². The summed E-state index contributed by atoms with van der Waals surface area (Å²) in [7, 11) is 0. The third-order valence-corrected chi connectivity index (χ3v) is 7.04. The predicted molar refractivity (Wildman–Crippen MR) is 132 cm³/mol. The van der Waals surface area contributed by atoms with E-state index in [2.05, 4.69) is 20.5 Å². The van der Waals surface area contributed by atoms with E-state index in [-0.39, 0.29) is 41.6 Å². The fourth-order valence-electron chi connectivity index (χ4n) is 3.63. The average Bonchev–Trinajstić information content (AvgIpc) is 3.56. The van der Waals surface area contributed by atoms with Gasteiger partial charge in [0.15, 0.2) is 11.0 Å². The highest BCUT2D eigenvalue weighted by Crippen LogP contribution is 2.29. The zero-order valence-electron chi connectivity index (χ0n) is 17.9. The van der Waals surface area contributed by atoms with Crippen molar-refractivity contribution in [3.63, 3.8) is 0 Å². The first kappa shape index (κ1) is 22.2. The molecule has 0 atom stereocenters. The monoisotopic (exact) mass is 492 g/mol. The molecule has 34 heavy (non-hydrogen) atoms. The van der Waals surface area contributed by atoms with Crippen LogP contribution in [0.2, 0.25) is 0 Å². The summed E-state index contributed by atoms with van der Waals surface area (Å²) in [6.07, 6.45) is 0. The third-order valence-electron chi connectivity index (χ3n) is 5.25. The van der Waals surface area contributed by atoms with Gasteiger partial charge in [-0.05, 0) is 24.3 Å². The van der Waals surface area contributed by atoms with Gasteiger partial charge >= 0.3 is 0 Å². The van der Waals surface area contributed by atoms with Gasteiger partial charge < -0.3 is 10.3 Å². The van der Waals surface area contributed by atoms with Crippen LogP contribution >= 0.6 is 23.5 Å². The van der Waals surface area contributed by atoms with Crippen LogP contribution < -0.4 is 5.32 Å². The summed E-state index contributed by atoms with van der Waals surface area (Å²) in [6, 6.07) is 19.7. The molecule has 172 valence electrons. The minimum atomic E-state index is -0.269. The Hall–Kier alpha value is -3.57. The second-order valence-corrected chi connectivity index (χ2v) is 9.36. The number of nitrogens with one attached hydrogen (secondary N) is 2. The van der Waals surface area contributed by atoms with Crippen molar-refractivity contribution in [2.24, 2.45) is 0 Å². The largest absolute Gasteiger partial charge is 0.354 e. The second-order valence-electron chi connectivity index (χ2n) is 7.49. The van der Waals surface area contributed by atoms with Crippen LogP contribution in [-0.4, -0.2) is 66.3 Å². The van der Waals surface area contributed by atoms with E-state index in [1.165, 1.54) is 11.8 Å². The molecule has 4 aromatic rings. The van der Waals surface area contributed by atoms with Gasteiger partial charge in [0.2, 0.25) is 11.8 Å². The average molecular weight is 493 g/mol. The number of aromatic nitrogens is 4. The summed E-state index contributed by atoms with van der Waals surface area (Å²) in [6.45, 7) is 0.384. The molecule has 1 aliphatic heterocycles. The van der Waals surface area contributed by atoms with Crippen LogP contribution in [0.5, 0.6) is 0 Å². The number of imide groups is 1. The van der Waals surface area contributed by atoms with Crippen LogP contribution in [0.3, 0.4) is 0 Å². The molecule has 9 nitrogen and oxygen atoms in total. The van der Waals surface area contributed by atoms with Crippen LogP contribution in [0, 0.1) is 0 Å². The van der Waals surface area contributed by atoms with Gasteiger partial charge in [-0.25, -0.2) is 0 Å². The van der Waals surface area contributed by atoms with Crippen molar-refractivity contribution in [2.45, 2.75) is 5.16 Å². The van der Waals surface area contributed by atoms with E-state index in [1.807, 2.05) is 65.2 Å². The number of amides is 3. The second kappa shape index (κ2) is 9.74. The normalized spacial score (nSPS) is 13.7. The van der Waals surface area contributed by atoms with Gasteiger partial charge in [0.25, 0.3) is 5.24 Å². The lowest BCUT2D eigenvalue weighted by Gasteiger charge is -2.13. The number of thioether (sulfide) groups is 2. The highest BCUT2D eigenvalue weighted by molar-refractivity contribution is 8.14. The Kier molecular flexibility index (Phi) is 6.37. The number of rotatable bonds is 8. The number of benzene rings is 2. The molecule has 2 aromatic heterocycles. The standard InChI is InChI=1S/C23H20N6O3S2/c30-19(24-10-11-28-20(31)14-34-23(28)32)13-33-22-27-26-21(29(22)16-7-2-1-3-8-16)18-12-15-6-4-5-9-17(15)25-18/h1-9,12,25H,10-11,13-14H2,(H,24,30). The number of fused-ring (bicyclic) bond motifs is 1. The van der Waals surface area contributed by atoms with Gasteiger partial charge in [0.05, 0.1) is 17.2 Å². The van der Waals surface area contributed by atoms with Gasteiger partial charge in [-0.2, -0.15) is 0 Å². The Balaban J connectivity index is 1.31. The Labute approximate surface area is 203 Å². The van der Waals surface area contributed by atoms with E-state index in [1.54, 1.807) is 0 Å². The lowest BCUT2D eigenvalue weighted by molar-refractivity contribution is -0.125. The molecule has 2 aromatic carbocycles. The molecule has 11 heteroatoms. The number of nitrogens with zero attached hydrogens (tertiary/aromatic N) is 4. The summed E-state index contributed by atoms with van der Waals surface area (Å²) in [4.78, 5) is 40.3. The minimum absolute atomic E-state index is 0.119. The Morgan fingerprint density at radius 1 is 1.09 bits per heavy atom. The van der Waals surface area contributed by atoms with E-state index in [0.717, 1.165) is 38.9 Å². The number of hydrogen-bond donors (Lipinski definition) is 2. The molecule has 3 heterocycles. The predicted octanol–water partition coefficient (Wildman–Crippen LogP) is 3.32. The van der Waals surface area contributed by atoms with Crippen molar-refractivity contribution in [1.29, 1.82) is 0 Å². The first-order valence-electron chi connectivity index (χ1n) is 10.6. The van der Waals surface area contributed by atoms with Crippen LogP contribution in [0.1, 0.15) is 0 Å². The first-order valence-corrected chi connectivity index (χ1v) is 12.5. The van der Waals surface area contributed by atoms with E-state index in [9.17, 15) is 14.4 Å². The topological polar surface area (TPSA) is 113 Å². The van der Waals surface area contributed by atoms with Crippen LogP contribution in [0.4, 0.5) is 4.79 Å². The molecule has 1 fully saturated rings. The molecular formula is C23H20N6O3S2. The smallest absolute Gasteiger partial charge is 0.288 e. The number of H-pyrrole nitrogens is 1. The molecule has 0 unspecified atom stereocenters. The van der Waals surface area contributed by atoms with Crippen LogP contribution in [0.15, 0.2) is 65.8 Å². The lowest BCUT2D eigenvalue weighted by Crippen LogP contribution is -2.38. The zero-order valence-corrected chi connectivity index (χ0v) is 19.6. The Morgan fingerprint density at radius 2 is 1.88 bits per heavy atom. The molecule has 0 radical (unpaired) electrons. The third kappa shape index (κ3) is 4.57. The van der Waals surface area contributed by atoms with Crippen molar-refractivity contribution >= 4 is 51.5 Å². The van der Waals surface area contributed by atoms with E-state index in [0.29, 0.717) is 11.0 Å². The molecule has 1 aliphatic rings. The van der Waals surface area contributed by atoms with Gasteiger partial charge in [0, 0.05) is 29.7 Å². The summed E-state index contributed by atoms with van der Waals surface area (Å²) in [5, 5.41) is 12.9. The molecule has 3 amide bonds. The van der Waals surface area contributed by atoms with Gasteiger partial charge in [0.1, 0.15) is 0 Å². The molecule has 0 bridgehead atoms. The summed E-state index contributed by atoms with van der Waals surface area (Å²) < 4.78 is 1.92. The molecule has 2 N–H and O–H groups in total. The molecule has 5 rings (SSSR count). The van der Waals surface area contributed by atoms with Gasteiger partial charge in [-0.3, -0.25) is 23.9 Å². The van der Waals surface area contributed by atoms with Crippen molar-refractivity contribution < 1.29 is 14.4 Å². The van der Waals surface area contributed by atoms with E-state index in [4.69, 9.17) is 0 Å². The maximum atomic E-state index is 12.4. The number of aromatic amines is 1. The molecular weight excluding hydrogens is 472 g/mol. The fraction of sp³-hybridized carbons (Fsp3) is 0.174. The molecule has 0 spiro atoms. The maximum absolute atomic E-state index is 12.4. The zero-order chi connectivity index (χ0) is 23.5. The fourth-order valence-corrected chi connectivity index (χ4v) is 5.16. The summed E-state index contributed by atoms with van der Waals surface area (Å²) >= 11 is 2.25. The Morgan fingerprint density at radius 3 is 2.65 bits per heavy atom. The quantitative estimate of drug-likeness (QED) is 0.363. The summed E-state index contributed by atoms with van der Waals surface area (Å²) in [5.74, 6) is 0.490. The van der Waals surface area contributed by atoms with E-state index < -0.39 is 0 Å². The van der Waals surface area contributed by atoms with Crippen molar-refractivity contribution in [1.82, 2.24) is 30.0 Å². The van der Waals surface area contributed by atoms with Gasteiger partial charge in [-0.15, -0.1) is 10.2 Å². The first-order chi connectivity index (χ1) is 16.6. The van der Waals surface area contributed by atoms with Crippen LogP contribution in [-0.2, 0) is 9.59 Å². The van der Waals surface area contributed by atoms with Gasteiger partial charge in [-0.1, -0.05) is 59.9 Å². The number of carbonyl (C=O) groups excluding carboxylic acids is 3. The lowest BCUT2D eigenvalue weighted by atomic mass is 10.2. The minimum Gasteiger partial charge on any atom is -0.354 e. The van der Waals surface area contributed by atoms with Crippen molar-refractivity contribution in [3.05, 3.63) is 60.7 Å².